The number of halogens is 1. The van der Waals surface area contributed by atoms with Crippen LogP contribution in [0.1, 0.15) is 34.9 Å². The summed E-state index contributed by atoms with van der Waals surface area (Å²) >= 11 is 0. The molecule has 1 aromatic heterocycles. The third kappa shape index (κ3) is 3.27. The van der Waals surface area contributed by atoms with Crippen LogP contribution >= 0.6 is 12.4 Å². The predicted molar refractivity (Wildman–Crippen MR) is 96.9 cm³/mol. The fourth-order valence-electron chi connectivity index (χ4n) is 3.45. The number of piperidine rings is 1. The molecule has 0 bridgehead atoms. The van der Waals surface area contributed by atoms with Crippen molar-refractivity contribution in [1.29, 1.82) is 0 Å². The summed E-state index contributed by atoms with van der Waals surface area (Å²) in [5.41, 5.74) is 1.79. The molecule has 2 aliphatic heterocycles. The molecule has 1 aromatic carbocycles. The third-order valence-electron chi connectivity index (χ3n) is 4.83. The van der Waals surface area contributed by atoms with Gasteiger partial charge in [0.2, 0.25) is 0 Å². The van der Waals surface area contributed by atoms with Gasteiger partial charge in [-0.25, -0.2) is 4.68 Å². The Morgan fingerprint density at radius 2 is 2.08 bits per heavy atom. The Morgan fingerprint density at radius 1 is 1.31 bits per heavy atom. The molecule has 1 amide bonds. The summed E-state index contributed by atoms with van der Waals surface area (Å²) < 4.78 is 1.76. The highest BCUT2D eigenvalue weighted by atomic mass is 35.5. The van der Waals surface area contributed by atoms with Crippen LogP contribution in [-0.4, -0.2) is 45.5 Å². The van der Waals surface area contributed by atoms with Crippen molar-refractivity contribution < 1.29 is 9.72 Å². The highest BCUT2D eigenvalue weighted by molar-refractivity contribution is 6.06. The van der Waals surface area contributed by atoms with Crippen molar-refractivity contribution in [3.05, 3.63) is 45.8 Å². The summed E-state index contributed by atoms with van der Waals surface area (Å²) in [4.78, 5) is 24.9. The van der Waals surface area contributed by atoms with Gasteiger partial charge in [-0.2, -0.15) is 0 Å². The maximum atomic E-state index is 12.8. The first kappa shape index (κ1) is 18.3. The van der Waals surface area contributed by atoms with Crippen molar-refractivity contribution in [3.8, 4) is 0 Å². The zero-order chi connectivity index (χ0) is 17.4. The van der Waals surface area contributed by atoms with Crippen LogP contribution in [0.5, 0.6) is 0 Å². The van der Waals surface area contributed by atoms with Gasteiger partial charge < -0.3 is 10.2 Å². The minimum Gasteiger partial charge on any atom is -0.317 e. The van der Waals surface area contributed by atoms with Crippen LogP contribution in [0.3, 0.4) is 0 Å². The summed E-state index contributed by atoms with van der Waals surface area (Å²) in [5, 5.41) is 22.4. The van der Waals surface area contributed by atoms with Crippen molar-refractivity contribution in [1.82, 2.24) is 20.3 Å². The summed E-state index contributed by atoms with van der Waals surface area (Å²) in [6.45, 7) is 2.35. The molecule has 2 aliphatic rings. The molecule has 4 rings (SSSR count). The Hall–Kier alpha value is -2.52. The second-order valence-electron chi connectivity index (χ2n) is 6.34. The number of anilines is 1. The quantitative estimate of drug-likeness (QED) is 0.644. The molecule has 3 heterocycles. The average molecular weight is 379 g/mol. The Balaban J connectivity index is 0.00000196. The van der Waals surface area contributed by atoms with Gasteiger partial charge in [0.25, 0.3) is 11.6 Å². The van der Waals surface area contributed by atoms with Crippen LogP contribution in [0.15, 0.2) is 24.4 Å². The Labute approximate surface area is 155 Å². The maximum Gasteiger partial charge on any atom is 0.280 e. The minimum atomic E-state index is -0.450. The number of amides is 1. The number of benzene rings is 1. The lowest BCUT2D eigenvalue weighted by molar-refractivity contribution is -0.384. The highest BCUT2D eigenvalue weighted by Crippen LogP contribution is 2.32. The van der Waals surface area contributed by atoms with Gasteiger partial charge >= 0.3 is 0 Å². The zero-order valence-corrected chi connectivity index (χ0v) is 14.8. The van der Waals surface area contributed by atoms with E-state index in [1.54, 1.807) is 21.8 Å². The number of hydrogen-bond donors (Lipinski definition) is 1. The molecule has 2 aromatic rings. The van der Waals surface area contributed by atoms with E-state index in [0.29, 0.717) is 18.7 Å². The van der Waals surface area contributed by atoms with Crippen LogP contribution in [0, 0.1) is 10.1 Å². The SMILES string of the molecule is Cl.O=C(c1cn(C2CCNCC2)nn1)N1CCc2ccc([N+](=O)[O-])cc21. The average Bonchev–Trinajstić information content (AvgIpc) is 3.28. The summed E-state index contributed by atoms with van der Waals surface area (Å²) in [6.07, 6.45) is 4.28. The van der Waals surface area contributed by atoms with E-state index in [4.69, 9.17) is 0 Å². The Kier molecular flexibility index (Phi) is 5.19. The second-order valence-corrected chi connectivity index (χ2v) is 6.34. The van der Waals surface area contributed by atoms with Gasteiger partial charge in [0.1, 0.15) is 0 Å². The number of carbonyl (C=O) groups is 1. The van der Waals surface area contributed by atoms with E-state index in [2.05, 4.69) is 15.6 Å². The van der Waals surface area contributed by atoms with Crippen LogP contribution in [0.2, 0.25) is 0 Å². The number of hydrogen-bond acceptors (Lipinski definition) is 6. The van der Waals surface area contributed by atoms with E-state index in [9.17, 15) is 14.9 Å². The number of fused-ring (bicyclic) bond motifs is 1. The summed E-state index contributed by atoms with van der Waals surface area (Å²) in [7, 11) is 0. The molecule has 0 unspecified atom stereocenters. The van der Waals surface area contributed by atoms with E-state index in [-0.39, 0.29) is 35.7 Å². The lowest BCUT2D eigenvalue weighted by Gasteiger charge is -2.22. The molecule has 1 saturated heterocycles. The fourth-order valence-corrected chi connectivity index (χ4v) is 3.45. The van der Waals surface area contributed by atoms with Crippen LogP contribution in [0.25, 0.3) is 0 Å². The van der Waals surface area contributed by atoms with E-state index >= 15 is 0 Å². The third-order valence-corrected chi connectivity index (χ3v) is 4.83. The minimum absolute atomic E-state index is 0. The molecule has 0 atom stereocenters. The number of nitrogens with zero attached hydrogens (tertiary/aromatic N) is 5. The number of rotatable bonds is 3. The first-order valence-electron chi connectivity index (χ1n) is 8.35. The molecule has 0 spiro atoms. The van der Waals surface area contributed by atoms with E-state index < -0.39 is 4.92 Å². The lowest BCUT2D eigenvalue weighted by Crippen LogP contribution is -2.30. The molecule has 1 N–H and O–H groups in total. The predicted octanol–water partition coefficient (Wildman–Crippen LogP) is 1.74. The molecule has 9 nitrogen and oxygen atoms in total. The molecular weight excluding hydrogens is 360 g/mol. The molecule has 10 heteroatoms. The van der Waals surface area contributed by atoms with Gasteiger partial charge in [0, 0.05) is 18.7 Å². The number of nitro groups is 1. The van der Waals surface area contributed by atoms with Crippen molar-refractivity contribution in [3.63, 3.8) is 0 Å². The molecule has 26 heavy (non-hydrogen) atoms. The van der Waals surface area contributed by atoms with Crippen molar-refractivity contribution >= 4 is 29.7 Å². The number of nitrogens with one attached hydrogen (secondary N) is 1. The van der Waals surface area contributed by atoms with Gasteiger partial charge in [-0.05, 0) is 37.9 Å². The van der Waals surface area contributed by atoms with Gasteiger partial charge in [0.15, 0.2) is 5.69 Å². The first-order chi connectivity index (χ1) is 12.1. The number of aromatic nitrogens is 3. The topological polar surface area (TPSA) is 106 Å². The molecular formula is C16H19ClN6O3. The zero-order valence-electron chi connectivity index (χ0n) is 14.0. The van der Waals surface area contributed by atoms with Crippen molar-refractivity contribution in [2.24, 2.45) is 0 Å². The van der Waals surface area contributed by atoms with E-state index in [1.165, 1.54) is 12.1 Å². The molecule has 0 saturated carbocycles. The van der Waals surface area contributed by atoms with Gasteiger partial charge in [-0.15, -0.1) is 17.5 Å². The van der Waals surface area contributed by atoms with Gasteiger partial charge in [0.05, 0.1) is 22.8 Å². The molecule has 1 fully saturated rings. The van der Waals surface area contributed by atoms with Gasteiger partial charge in [-0.3, -0.25) is 14.9 Å². The highest BCUT2D eigenvalue weighted by Gasteiger charge is 2.29. The Morgan fingerprint density at radius 3 is 2.81 bits per heavy atom. The van der Waals surface area contributed by atoms with Gasteiger partial charge in [-0.1, -0.05) is 11.3 Å². The standard InChI is InChI=1S/C16H18N6O3.ClH/c23-16(14-10-21(19-18-14)12-3-6-17-7-4-12)20-8-5-11-1-2-13(22(24)25)9-15(11)20;/h1-2,9-10,12,17H,3-8H2;1H. The van der Waals surface area contributed by atoms with Crippen LogP contribution < -0.4 is 10.2 Å². The smallest absolute Gasteiger partial charge is 0.280 e. The first-order valence-corrected chi connectivity index (χ1v) is 8.35. The maximum absolute atomic E-state index is 12.8. The largest absolute Gasteiger partial charge is 0.317 e. The molecule has 138 valence electrons. The monoisotopic (exact) mass is 378 g/mol. The molecule has 0 aliphatic carbocycles. The summed E-state index contributed by atoms with van der Waals surface area (Å²) in [6, 6.07) is 4.90. The normalized spacial score (nSPS) is 16.8. The fraction of sp³-hybridized carbons (Fsp3) is 0.438. The van der Waals surface area contributed by atoms with E-state index in [0.717, 1.165) is 31.5 Å². The number of non-ortho nitro benzene ring substituents is 1. The van der Waals surface area contributed by atoms with Crippen molar-refractivity contribution in [2.75, 3.05) is 24.5 Å². The van der Waals surface area contributed by atoms with Crippen molar-refractivity contribution in [2.45, 2.75) is 25.3 Å². The lowest BCUT2D eigenvalue weighted by atomic mass is 10.1. The molecule has 0 radical (unpaired) electrons. The summed E-state index contributed by atoms with van der Waals surface area (Å²) in [5.74, 6) is -0.264. The Bertz CT molecular complexity index is 833. The van der Waals surface area contributed by atoms with E-state index in [1.807, 2.05) is 0 Å². The number of carbonyl (C=O) groups excluding carboxylic acids is 1. The number of nitro benzene ring substituents is 1. The van der Waals surface area contributed by atoms with Crippen LogP contribution in [-0.2, 0) is 6.42 Å². The van der Waals surface area contributed by atoms with Crippen LogP contribution in [0.4, 0.5) is 11.4 Å². The second kappa shape index (κ2) is 7.38.